The number of para-hydroxylation sites is 1. The van der Waals surface area contributed by atoms with Crippen molar-refractivity contribution < 1.29 is 14.3 Å². The Morgan fingerprint density at radius 2 is 1.77 bits per heavy atom. The summed E-state index contributed by atoms with van der Waals surface area (Å²) in [6, 6.07) is 9.68. The van der Waals surface area contributed by atoms with E-state index in [0.29, 0.717) is 25.6 Å². The smallest absolute Gasteiger partial charge is 0.407 e. The highest BCUT2D eigenvalue weighted by Crippen LogP contribution is 2.10. The molecule has 1 aromatic carbocycles. The number of nitrogens with one attached hydrogen (secondary N) is 3. The second kappa shape index (κ2) is 11.2. The quantitative estimate of drug-likeness (QED) is 0.375. The Balaban J connectivity index is 2.35. The molecule has 7 nitrogen and oxygen atoms in total. The standard InChI is InChI=1S/C19H32N4O3/c1-6-20-17(21-12-13-22-18(24)26-19(3,4)5)23-14-15(2)25-16-10-8-7-9-11-16/h7-11,15H,6,12-14H2,1-5H3,(H,22,24)(H2,20,21,23). The molecule has 7 heteroatoms. The molecule has 0 aliphatic heterocycles. The third-order valence-electron chi connectivity index (χ3n) is 3.02. The summed E-state index contributed by atoms with van der Waals surface area (Å²) in [4.78, 5) is 16.1. The van der Waals surface area contributed by atoms with Crippen LogP contribution in [0.1, 0.15) is 34.6 Å². The molecule has 146 valence electrons. The van der Waals surface area contributed by atoms with Gasteiger partial charge in [-0.1, -0.05) is 18.2 Å². The van der Waals surface area contributed by atoms with Crippen LogP contribution in [0, 0.1) is 0 Å². The van der Waals surface area contributed by atoms with E-state index in [2.05, 4.69) is 20.9 Å². The number of carbonyl (C=O) groups is 1. The molecule has 0 aliphatic carbocycles. The van der Waals surface area contributed by atoms with Crippen molar-refractivity contribution in [2.75, 3.05) is 26.2 Å². The van der Waals surface area contributed by atoms with E-state index < -0.39 is 11.7 Å². The van der Waals surface area contributed by atoms with Gasteiger partial charge < -0.3 is 25.4 Å². The van der Waals surface area contributed by atoms with Gasteiger partial charge in [-0.3, -0.25) is 0 Å². The number of guanidine groups is 1. The van der Waals surface area contributed by atoms with Gasteiger partial charge in [0.15, 0.2) is 5.96 Å². The predicted octanol–water partition coefficient (Wildman–Crippen LogP) is 2.53. The van der Waals surface area contributed by atoms with Gasteiger partial charge in [0.25, 0.3) is 0 Å². The van der Waals surface area contributed by atoms with E-state index in [0.717, 1.165) is 12.3 Å². The van der Waals surface area contributed by atoms with E-state index in [1.165, 1.54) is 0 Å². The molecular weight excluding hydrogens is 332 g/mol. The maximum atomic E-state index is 11.6. The molecule has 0 aliphatic rings. The van der Waals surface area contributed by atoms with Crippen molar-refractivity contribution in [3.8, 4) is 5.75 Å². The highest BCUT2D eigenvalue weighted by atomic mass is 16.6. The normalized spacial score (nSPS) is 12.9. The average Bonchev–Trinajstić information content (AvgIpc) is 2.55. The van der Waals surface area contributed by atoms with Crippen molar-refractivity contribution in [1.82, 2.24) is 16.0 Å². The van der Waals surface area contributed by atoms with Crippen molar-refractivity contribution in [1.29, 1.82) is 0 Å². The van der Waals surface area contributed by atoms with Crippen LogP contribution in [-0.2, 0) is 4.74 Å². The number of alkyl carbamates (subject to hydrolysis) is 1. The number of benzene rings is 1. The molecule has 0 heterocycles. The lowest BCUT2D eigenvalue weighted by Gasteiger charge is -2.20. The average molecular weight is 364 g/mol. The molecule has 1 amide bonds. The Bertz CT molecular complexity index is 556. The van der Waals surface area contributed by atoms with E-state index in [1.54, 1.807) is 0 Å². The monoisotopic (exact) mass is 364 g/mol. The molecule has 26 heavy (non-hydrogen) atoms. The highest BCUT2D eigenvalue weighted by molar-refractivity contribution is 5.79. The molecule has 1 unspecified atom stereocenters. The van der Waals surface area contributed by atoms with Gasteiger partial charge in [-0.05, 0) is 46.8 Å². The number of hydrogen-bond donors (Lipinski definition) is 3. The summed E-state index contributed by atoms with van der Waals surface area (Å²) in [5, 5.41) is 9.04. The van der Waals surface area contributed by atoms with E-state index in [4.69, 9.17) is 9.47 Å². The molecule has 0 radical (unpaired) electrons. The lowest BCUT2D eigenvalue weighted by atomic mass is 10.2. The number of carbonyl (C=O) groups excluding carboxylic acids is 1. The van der Waals surface area contributed by atoms with Gasteiger partial charge in [-0.25, -0.2) is 9.79 Å². The minimum atomic E-state index is -0.497. The van der Waals surface area contributed by atoms with Gasteiger partial charge in [-0.2, -0.15) is 0 Å². The highest BCUT2D eigenvalue weighted by Gasteiger charge is 2.15. The van der Waals surface area contributed by atoms with Gasteiger partial charge in [0.2, 0.25) is 0 Å². The number of aliphatic imine (C=N–C) groups is 1. The lowest BCUT2D eigenvalue weighted by molar-refractivity contribution is 0.0529. The first-order chi connectivity index (χ1) is 12.3. The molecule has 1 aromatic rings. The number of amides is 1. The largest absolute Gasteiger partial charge is 0.489 e. The molecule has 0 saturated heterocycles. The molecule has 0 aromatic heterocycles. The fourth-order valence-electron chi connectivity index (χ4n) is 1.99. The van der Waals surface area contributed by atoms with E-state index in [9.17, 15) is 4.79 Å². The van der Waals surface area contributed by atoms with Crippen molar-refractivity contribution >= 4 is 12.1 Å². The summed E-state index contributed by atoms with van der Waals surface area (Å²) < 4.78 is 11.0. The number of ether oxygens (including phenoxy) is 2. The van der Waals surface area contributed by atoms with Crippen LogP contribution in [0.5, 0.6) is 5.75 Å². The fourth-order valence-corrected chi connectivity index (χ4v) is 1.99. The van der Waals surface area contributed by atoms with Crippen LogP contribution in [0.25, 0.3) is 0 Å². The van der Waals surface area contributed by atoms with Crippen molar-refractivity contribution in [3.05, 3.63) is 30.3 Å². The fraction of sp³-hybridized carbons (Fsp3) is 0.579. The zero-order valence-corrected chi connectivity index (χ0v) is 16.5. The third-order valence-corrected chi connectivity index (χ3v) is 3.02. The zero-order chi connectivity index (χ0) is 19.4. The third kappa shape index (κ3) is 10.4. The van der Waals surface area contributed by atoms with Crippen LogP contribution >= 0.6 is 0 Å². The molecule has 0 bridgehead atoms. The number of nitrogens with zero attached hydrogens (tertiary/aromatic N) is 1. The van der Waals surface area contributed by atoms with Gasteiger partial charge in [0, 0.05) is 19.6 Å². The Morgan fingerprint density at radius 3 is 2.38 bits per heavy atom. The molecule has 0 saturated carbocycles. The summed E-state index contributed by atoms with van der Waals surface area (Å²) in [6.45, 7) is 11.7. The van der Waals surface area contributed by atoms with Crippen molar-refractivity contribution in [3.63, 3.8) is 0 Å². The van der Waals surface area contributed by atoms with Gasteiger partial charge >= 0.3 is 6.09 Å². The van der Waals surface area contributed by atoms with Crippen LogP contribution < -0.4 is 20.7 Å². The van der Waals surface area contributed by atoms with Crippen molar-refractivity contribution in [2.24, 2.45) is 4.99 Å². The zero-order valence-electron chi connectivity index (χ0n) is 16.5. The Kier molecular flexibility index (Phi) is 9.33. The lowest BCUT2D eigenvalue weighted by Crippen LogP contribution is -2.42. The van der Waals surface area contributed by atoms with Crippen LogP contribution in [0.15, 0.2) is 35.3 Å². The predicted molar refractivity (Wildman–Crippen MR) is 105 cm³/mol. The van der Waals surface area contributed by atoms with Crippen LogP contribution in [0.4, 0.5) is 4.79 Å². The first kappa shape index (κ1) is 21.6. The molecular formula is C19H32N4O3. The van der Waals surface area contributed by atoms with E-state index >= 15 is 0 Å². The van der Waals surface area contributed by atoms with Gasteiger partial charge in [0.1, 0.15) is 17.5 Å². The Hall–Kier alpha value is -2.44. The second-order valence-electron chi connectivity index (χ2n) is 6.82. The van der Waals surface area contributed by atoms with Gasteiger partial charge in [0.05, 0.1) is 6.54 Å². The molecule has 1 rings (SSSR count). The molecule has 0 spiro atoms. The van der Waals surface area contributed by atoms with Crippen LogP contribution in [-0.4, -0.2) is 49.9 Å². The Morgan fingerprint density at radius 1 is 1.12 bits per heavy atom. The molecule has 3 N–H and O–H groups in total. The SMILES string of the molecule is CCNC(=NCC(C)Oc1ccccc1)NCCNC(=O)OC(C)(C)C. The Labute approximate surface area is 156 Å². The molecule has 1 atom stereocenters. The number of rotatable bonds is 8. The maximum absolute atomic E-state index is 11.6. The van der Waals surface area contributed by atoms with Crippen LogP contribution in [0.2, 0.25) is 0 Å². The van der Waals surface area contributed by atoms with Crippen LogP contribution in [0.3, 0.4) is 0 Å². The van der Waals surface area contributed by atoms with E-state index in [1.807, 2.05) is 65.0 Å². The summed E-state index contributed by atoms with van der Waals surface area (Å²) in [7, 11) is 0. The second-order valence-corrected chi connectivity index (χ2v) is 6.82. The topological polar surface area (TPSA) is 84.0 Å². The summed E-state index contributed by atoms with van der Waals surface area (Å²) in [5.41, 5.74) is -0.497. The minimum Gasteiger partial charge on any atom is -0.489 e. The van der Waals surface area contributed by atoms with Gasteiger partial charge in [-0.15, -0.1) is 0 Å². The summed E-state index contributed by atoms with van der Waals surface area (Å²) in [5.74, 6) is 1.51. The molecule has 0 fully saturated rings. The number of hydrogen-bond acceptors (Lipinski definition) is 4. The maximum Gasteiger partial charge on any atom is 0.407 e. The summed E-state index contributed by atoms with van der Waals surface area (Å²) in [6.07, 6.45) is -0.473. The first-order valence-electron chi connectivity index (χ1n) is 9.01. The van der Waals surface area contributed by atoms with E-state index in [-0.39, 0.29) is 6.10 Å². The summed E-state index contributed by atoms with van der Waals surface area (Å²) >= 11 is 0. The minimum absolute atomic E-state index is 0.0484. The van der Waals surface area contributed by atoms with Crippen molar-refractivity contribution in [2.45, 2.75) is 46.3 Å². The first-order valence-corrected chi connectivity index (χ1v) is 9.01.